The van der Waals surface area contributed by atoms with E-state index in [0.29, 0.717) is 12.5 Å². The Labute approximate surface area is 130 Å². The van der Waals surface area contributed by atoms with Gasteiger partial charge in [-0.2, -0.15) is 0 Å². The fourth-order valence-electron chi connectivity index (χ4n) is 3.50. The molecule has 1 heterocycles. The van der Waals surface area contributed by atoms with Gasteiger partial charge in [0.15, 0.2) is 5.78 Å². The van der Waals surface area contributed by atoms with Crippen LogP contribution < -0.4 is 0 Å². The first-order valence-electron chi connectivity index (χ1n) is 7.80. The van der Waals surface area contributed by atoms with Gasteiger partial charge in [0.25, 0.3) is 0 Å². The van der Waals surface area contributed by atoms with Crippen molar-refractivity contribution >= 4 is 22.5 Å². The molecule has 2 aromatic carbocycles. The third-order valence-corrected chi connectivity index (χ3v) is 4.60. The first-order chi connectivity index (χ1) is 10.5. The maximum Gasteiger partial charge on any atom is 0.220 e. The van der Waals surface area contributed by atoms with Crippen molar-refractivity contribution in [3.05, 3.63) is 48.0 Å². The molecule has 0 bridgehead atoms. The van der Waals surface area contributed by atoms with Gasteiger partial charge in [0.2, 0.25) is 5.91 Å². The largest absolute Gasteiger partial charge is 0.333 e. The van der Waals surface area contributed by atoms with Crippen LogP contribution in [0.4, 0.5) is 0 Å². The molecule has 0 saturated carbocycles. The van der Waals surface area contributed by atoms with Gasteiger partial charge in [-0.05, 0) is 42.0 Å². The van der Waals surface area contributed by atoms with E-state index >= 15 is 0 Å². The van der Waals surface area contributed by atoms with Crippen LogP contribution in [-0.2, 0) is 16.0 Å². The third kappa shape index (κ3) is 2.89. The highest BCUT2D eigenvalue weighted by atomic mass is 16.2. The number of fused-ring (bicyclic) bond motifs is 1. The van der Waals surface area contributed by atoms with Crippen LogP contribution in [0.2, 0.25) is 0 Å². The summed E-state index contributed by atoms with van der Waals surface area (Å²) in [5, 5.41) is 2.48. The summed E-state index contributed by atoms with van der Waals surface area (Å²) in [6, 6.07) is 14.6. The molecule has 114 valence electrons. The van der Waals surface area contributed by atoms with E-state index in [-0.39, 0.29) is 17.7 Å². The Morgan fingerprint density at radius 1 is 1.09 bits per heavy atom. The highest BCUT2D eigenvalue weighted by Crippen LogP contribution is 2.28. The summed E-state index contributed by atoms with van der Waals surface area (Å²) in [5.74, 6) is 0.455. The average Bonchev–Trinajstić information content (AvgIpc) is 2.91. The Morgan fingerprint density at radius 3 is 2.45 bits per heavy atom. The molecule has 3 rings (SSSR count). The van der Waals surface area contributed by atoms with E-state index in [2.05, 4.69) is 30.3 Å². The topological polar surface area (TPSA) is 37.4 Å². The SMILES string of the molecule is CC(=O)[C@@H]1CC(Cc2ccc3ccccc3c2)CN1C(C)=O. The van der Waals surface area contributed by atoms with Crippen LogP contribution in [0.5, 0.6) is 0 Å². The molecule has 0 radical (unpaired) electrons. The van der Waals surface area contributed by atoms with E-state index in [4.69, 9.17) is 0 Å². The van der Waals surface area contributed by atoms with Crippen molar-refractivity contribution < 1.29 is 9.59 Å². The molecule has 1 aliphatic heterocycles. The zero-order valence-corrected chi connectivity index (χ0v) is 13.1. The van der Waals surface area contributed by atoms with E-state index in [0.717, 1.165) is 12.8 Å². The predicted octanol–water partition coefficient (Wildman–Crippen LogP) is 3.21. The number of benzene rings is 2. The van der Waals surface area contributed by atoms with Gasteiger partial charge >= 0.3 is 0 Å². The van der Waals surface area contributed by atoms with Crippen LogP contribution in [-0.4, -0.2) is 29.2 Å². The fourth-order valence-corrected chi connectivity index (χ4v) is 3.50. The normalized spacial score (nSPS) is 21.3. The molecular formula is C19H21NO2. The van der Waals surface area contributed by atoms with E-state index in [9.17, 15) is 9.59 Å². The molecule has 3 nitrogen and oxygen atoms in total. The number of Topliss-reactive ketones (excluding diaryl/α,β-unsaturated/α-hetero) is 1. The lowest BCUT2D eigenvalue weighted by Crippen LogP contribution is -2.38. The van der Waals surface area contributed by atoms with Gasteiger partial charge in [-0.25, -0.2) is 0 Å². The van der Waals surface area contributed by atoms with Gasteiger partial charge in [-0.15, -0.1) is 0 Å². The number of amides is 1. The molecule has 1 saturated heterocycles. The Kier molecular flexibility index (Phi) is 3.97. The average molecular weight is 295 g/mol. The van der Waals surface area contributed by atoms with Crippen molar-refractivity contribution in [3.63, 3.8) is 0 Å². The highest BCUT2D eigenvalue weighted by molar-refractivity contribution is 5.87. The molecule has 2 aromatic rings. The maximum atomic E-state index is 11.7. The van der Waals surface area contributed by atoms with Gasteiger partial charge in [0, 0.05) is 13.5 Å². The Morgan fingerprint density at radius 2 is 1.82 bits per heavy atom. The smallest absolute Gasteiger partial charge is 0.220 e. The molecule has 1 unspecified atom stereocenters. The maximum absolute atomic E-state index is 11.7. The van der Waals surface area contributed by atoms with Crippen LogP contribution in [0, 0.1) is 5.92 Å². The van der Waals surface area contributed by atoms with Gasteiger partial charge in [0.05, 0.1) is 6.04 Å². The van der Waals surface area contributed by atoms with Gasteiger partial charge in [0.1, 0.15) is 0 Å². The summed E-state index contributed by atoms with van der Waals surface area (Å²) in [5.41, 5.74) is 1.27. The molecule has 22 heavy (non-hydrogen) atoms. The lowest BCUT2D eigenvalue weighted by atomic mass is 9.94. The van der Waals surface area contributed by atoms with Crippen molar-refractivity contribution in [3.8, 4) is 0 Å². The second-order valence-corrected chi connectivity index (χ2v) is 6.29. The quantitative estimate of drug-likeness (QED) is 0.872. The predicted molar refractivity (Wildman–Crippen MR) is 87.6 cm³/mol. The number of likely N-dealkylation sites (tertiary alicyclic amines) is 1. The number of hydrogen-bond acceptors (Lipinski definition) is 2. The molecule has 2 atom stereocenters. The van der Waals surface area contributed by atoms with E-state index in [1.54, 1.807) is 18.7 Å². The van der Waals surface area contributed by atoms with Crippen LogP contribution in [0.15, 0.2) is 42.5 Å². The van der Waals surface area contributed by atoms with E-state index in [1.165, 1.54) is 16.3 Å². The first-order valence-corrected chi connectivity index (χ1v) is 7.80. The minimum Gasteiger partial charge on any atom is -0.333 e. The molecular weight excluding hydrogens is 274 g/mol. The Balaban J connectivity index is 1.77. The summed E-state index contributed by atoms with van der Waals surface area (Å²) in [6.07, 6.45) is 1.69. The molecule has 0 spiro atoms. The third-order valence-electron chi connectivity index (χ3n) is 4.60. The lowest BCUT2D eigenvalue weighted by molar-refractivity contribution is -0.135. The first kappa shape index (κ1) is 14.8. The Hall–Kier alpha value is -2.16. The van der Waals surface area contributed by atoms with Gasteiger partial charge in [-0.1, -0.05) is 42.5 Å². The van der Waals surface area contributed by atoms with Gasteiger partial charge in [-0.3, -0.25) is 9.59 Å². The van der Waals surface area contributed by atoms with Crippen molar-refractivity contribution in [2.75, 3.05) is 6.54 Å². The summed E-state index contributed by atoms with van der Waals surface area (Å²) in [6.45, 7) is 3.82. The molecule has 1 aliphatic rings. The van der Waals surface area contributed by atoms with Crippen molar-refractivity contribution in [1.82, 2.24) is 4.90 Å². The lowest BCUT2D eigenvalue weighted by Gasteiger charge is -2.20. The van der Waals surface area contributed by atoms with E-state index < -0.39 is 0 Å². The van der Waals surface area contributed by atoms with Gasteiger partial charge < -0.3 is 4.90 Å². The van der Waals surface area contributed by atoms with Crippen LogP contribution in [0.25, 0.3) is 10.8 Å². The molecule has 0 aliphatic carbocycles. The molecule has 0 N–H and O–H groups in total. The monoisotopic (exact) mass is 295 g/mol. The second kappa shape index (κ2) is 5.91. The molecule has 1 fully saturated rings. The zero-order valence-electron chi connectivity index (χ0n) is 13.1. The molecule has 0 aromatic heterocycles. The van der Waals surface area contributed by atoms with Crippen molar-refractivity contribution in [1.29, 1.82) is 0 Å². The fraction of sp³-hybridized carbons (Fsp3) is 0.368. The van der Waals surface area contributed by atoms with Crippen LogP contribution >= 0.6 is 0 Å². The van der Waals surface area contributed by atoms with Crippen LogP contribution in [0.1, 0.15) is 25.8 Å². The zero-order chi connectivity index (χ0) is 15.7. The summed E-state index contributed by atoms with van der Waals surface area (Å²) >= 11 is 0. The molecule has 3 heteroatoms. The summed E-state index contributed by atoms with van der Waals surface area (Å²) < 4.78 is 0. The standard InChI is InChI=1S/C19H21NO2/c1-13(21)19-11-16(12-20(19)14(2)22)9-15-7-8-17-5-3-4-6-18(17)10-15/h3-8,10,16,19H,9,11-12H2,1-2H3/t16?,19-/m0/s1. The number of nitrogens with zero attached hydrogens (tertiary/aromatic N) is 1. The van der Waals surface area contributed by atoms with E-state index in [1.807, 2.05) is 12.1 Å². The second-order valence-electron chi connectivity index (χ2n) is 6.29. The number of hydrogen-bond donors (Lipinski definition) is 0. The highest BCUT2D eigenvalue weighted by Gasteiger charge is 2.36. The number of rotatable bonds is 3. The minimum atomic E-state index is -0.233. The number of carbonyl (C=O) groups is 2. The summed E-state index contributed by atoms with van der Waals surface area (Å²) in [7, 11) is 0. The summed E-state index contributed by atoms with van der Waals surface area (Å²) in [4.78, 5) is 25.2. The molecule has 1 amide bonds. The van der Waals surface area contributed by atoms with Crippen molar-refractivity contribution in [2.24, 2.45) is 5.92 Å². The van der Waals surface area contributed by atoms with Crippen molar-refractivity contribution in [2.45, 2.75) is 32.7 Å². The number of carbonyl (C=O) groups excluding carboxylic acids is 2. The van der Waals surface area contributed by atoms with Crippen LogP contribution in [0.3, 0.4) is 0 Å². The Bertz CT molecular complexity index is 700. The number of ketones is 1. The minimum absolute atomic E-state index is 0.00112.